The highest BCUT2D eigenvalue weighted by molar-refractivity contribution is 7.22. The van der Waals surface area contributed by atoms with Gasteiger partial charge in [-0.05, 0) is 19.1 Å². The molecular weight excluding hydrogens is 256 g/mol. The summed E-state index contributed by atoms with van der Waals surface area (Å²) in [6.07, 6.45) is 0. The lowest BCUT2D eigenvalue weighted by molar-refractivity contribution is 0.100. The monoisotopic (exact) mass is 268 g/mol. The van der Waals surface area contributed by atoms with Crippen LogP contribution >= 0.6 is 11.3 Å². The first-order valence-corrected chi connectivity index (χ1v) is 6.73. The first-order valence-electron chi connectivity index (χ1n) is 5.91. The second-order valence-electron chi connectivity index (χ2n) is 4.40. The van der Waals surface area contributed by atoms with Gasteiger partial charge < -0.3 is 5.73 Å². The average Bonchev–Trinajstić information content (AvgIpc) is 2.82. The molecular formula is C15H12N2OS. The number of aromatic nitrogens is 1. The van der Waals surface area contributed by atoms with Crippen LogP contribution in [-0.4, -0.2) is 10.9 Å². The van der Waals surface area contributed by atoms with Crippen molar-refractivity contribution in [3.8, 4) is 10.6 Å². The van der Waals surface area contributed by atoms with E-state index in [2.05, 4.69) is 17.1 Å². The van der Waals surface area contributed by atoms with Crippen molar-refractivity contribution in [2.24, 2.45) is 5.73 Å². The molecule has 1 amide bonds. The summed E-state index contributed by atoms with van der Waals surface area (Å²) in [4.78, 5) is 16.0. The molecule has 0 fully saturated rings. The van der Waals surface area contributed by atoms with Crippen molar-refractivity contribution in [3.05, 3.63) is 53.6 Å². The van der Waals surface area contributed by atoms with Crippen LogP contribution in [-0.2, 0) is 0 Å². The van der Waals surface area contributed by atoms with Crippen molar-refractivity contribution >= 4 is 27.5 Å². The van der Waals surface area contributed by atoms with Gasteiger partial charge in [-0.3, -0.25) is 4.79 Å². The minimum Gasteiger partial charge on any atom is -0.366 e. The normalized spacial score (nSPS) is 10.8. The molecule has 0 spiro atoms. The van der Waals surface area contributed by atoms with Crippen LogP contribution in [0.4, 0.5) is 0 Å². The van der Waals surface area contributed by atoms with Crippen LogP contribution in [0.5, 0.6) is 0 Å². The summed E-state index contributed by atoms with van der Waals surface area (Å²) < 4.78 is 0.852. The summed E-state index contributed by atoms with van der Waals surface area (Å²) in [6, 6.07) is 13.6. The molecule has 0 saturated heterocycles. The number of nitrogens with two attached hydrogens (primary N) is 1. The Morgan fingerprint density at radius 1 is 1.16 bits per heavy atom. The first kappa shape index (κ1) is 11.9. The highest BCUT2D eigenvalue weighted by Crippen LogP contribution is 2.32. The summed E-state index contributed by atoms with van der Waals surface area (Å²) >= 11 is 1.50. The Morgan fingerprint density at radius 3 is 2.58 bits per heavy atom. The van der Waals surface area contributed by atoms with Crippen molar-refractivity contribution in [1.82, 2.24) is 4.98 Å². The Morgan fingerprint density at radius 2 is 1.89 bits per heavy atom. The molecule has 2 N–H and O–H groups in total. The third kappa shape index (κ3) is 2.11. The van der Waals surface area contributed by atoms with Gasteiger partial charge in [0.15, 0.2) is 0 Å². The molecule has 3 aromatic rings. The third-order valence-corrected chi connectivity index (χ3v) is 4.13. The molecule has 1 aromatic heterocycles. The number of rotatable bonds is 2. The van der Waals surface area contributed by atoms with E-state index in [4.69, 9.17) is 5.73 Å². The van der Waals surface area contributed by atoms with Gasteiger partial charge in [0.1, 0.15) is 5.01 Å². The number of carbonyl (C=O) groups excluding carboxylic acids is 1. The van der Waals surface area contributed by atoms with Crippen molar-refractivity contribution in [2.45, 2.75) is 6.92 Å². The van der Waals surface area contributed by atoms with E-state index in [9.17, 15) is 4.79 Å². The zero-order chi connectivity index (χ0) is 13.4. The number of benzene rings is 2. The summed E-state index contributed by atoms with van der Waals surface area (Å²) in [7, 11) is 0. The van der Waals surface area contributed by atoms with E-state index in [0.717, 1.165) is 20.8 Å². The molecule has 3 rings (SSSR count). The Hall–Kier alpha value is -2.20. The molecule has 1 heterocycles. The van der Waals surface area contributed by atoms with E-state index in [-0.39, 0.29) is 0 Å². The van der Waals surface area contributed by atoms with Crippen LogP contribution < -0.4 is 5.73 Å². The van der Waals surface area contributed by atoms with Gasteiger partial charge in [0.25, 0.3) is 0 Å². The van der Waals surface area contributed by atoms with Gasteiger partial charge in [0, 0.05) is 5.56 Å². The number of aryl methyl sites for hydroxylation is 1. The van der Waals surface area contributed by atoms with Gasteiger partial charge in [-0.1, -0.05) is 35.9 Å². The van der Waals surface area contributed by atoms with Crippen LogP contribution in [0, 0.1) is 6.92 Å². The summed E-state index contributed by atoms with van der Waals surface area (Å²) in [5, 5.41) is 0.906. The number of hydrogen-bond donors (Lipinski definition) is 1. The zero-order valence-corrected chi connectivity index (χ0v) is 11.2. The molecule has 94 valence electrons. The van der Waals surface area contributed by atoms with E-state index in [1.165, 1.54) is 16.9 Å². The lowest BCUT2D eigenvalue weighted by Crippen LogP contribution is -2.10. The van der Waals surface area contributed by atoms with E-state index in [0.29, 0.717) is 5.56 Å². The van der Waals surface area contributed by atoms with Crippen LogP contribution in [0.25, 0.3) is 20.8 Å². The topological polar surface area (TPSA) is 56.0 Å². The molecule has 19 heavy (non-hydrogen) atoms. The predicted molar refractivity (Wildman–Crippen MR) is 78.3 cm³/mol. The van der Waals surface area contributed by atoms with Gasteiger partial charge in [-0.2, -0.15) is 0 Å². The van der Waals surface area contributed by atoms with E-state index in [1.807, 2.05) is 25.1 Å². The second-order valence-corrected chi connectivity index (χ2v) is 5.40. The summed E-state index contributed by atoms with van der Waals surface area (Å²) in [6.45, 7) is 2.05. The van der Waals surface area contributed by atoms with Gasteiger partial charge in [0.2, 0.25) is 5.91 Å². The molecule has 0 saturated carbocycles. The molecule has 3 nitrogen and oxygen atoms in total. The predicted octanol–water partition coefficient (Wildman–Crippen LogP) is 3.37. The minimum atomic E-state index is -0.412. The van der Waals surface area contributed by atoms with Crippen molar-refractivity contribution < 1.29 is 4.79 Å². The van der Waals surface area contributed by atoms with Crippen LogP contribution in [0.3, 0.4) is 0 Å². The van der Waals surface area contributed by atoms with Crippen LogP contribution in [0.15, 0.2) is 42.5 Å². The number of carbonyl (C=O) groups is 1. The van der Waals surface area contributed by atoms with Crippen LogP contribution in [0.2, 0.25) is 0 Å². The number of primary amides is 1. The Kier molecular flexibility index (Phi) is 2.80. The molecule has 0 aliphatic heterocycles. The molecule has 4 heteroatoms. The maximum absolute atomic E-state index is 11.4. The lowest BCUT2D eigenvalue weighted by atomic mass is 10.1. The number of thiazole rings is 1. The average molecular weight is 268 g/mol. The molecule has 0 radical (unpaired) electrons. The molecule has 0 atom stereocenters. The fraction of sp³-hybridized carbons (Fsp3) is 0.0667. The number of fused-ring (bicyclic) bond motifs is 1. The minimum absolute atomic E-state index is 0.412. The molecule has 2 aromatic carbocycles. The Bertz CT molecular complexity index is 759. The fourth-order valence-electron chi connectivity index (χ4n) is 1.96. The molecule has 0 unspecified atom stereocenters. The summed E-state index contributed by atoms with van der Waals surface area (Å²) in [5.74, 6) is -0.412. The van der Waals surface area contributed by atoms with Gasteiger partial charge in [0.05, 0.1) is 15.8 Å². The fourth-order valence-corrected chi connectivity index (χ4v) is 3.05. The highest BCUT2D eigenvalue weighted by Gasteiger charge is 2.12. The van der Waals surface area contributed by atoms with E-state index in [1.54, 1.807) is 12.1 Å². The first-order chi connectivity index (χ1) is 9.15. The Balaban J connectivity index is 2.19. The molecule has 0 bridgehead atoms. The summed E-state index contributed by atoms with van der Waals surface area (Å²) in [5.41, 5.74) is 9.01. The van der Waals surface area contributed by atoms with Crippen molar-refractivity contribution in [1.29, 1.82) is 0 Å². The van der Waals surface area contributed by atoms with Crippen molar-refractivity contribution in [2.75, 3.05) is 0 Å². The standard InChI is InChI=1S/C15H12N2OS/c1-9-5-7-10(8-6-9)15-17-12-4-2-3-11(14(16)18)13(12)19-15/h2-8H,1H3,(H2,16,18). The number of amides is 1. The van der Waals surface area contributed by atoms with Gasteiger partial charge in [-0.15, -0.1) is 11.3 Å². The molecule has 0 aliphatic rings. The third-order valence-electron chi connectivity index (χ3n) is 2.98. The SMILES string of the molecule is Cc1ccc(-c2nc3cccc(C(N)=O)c3s2)cc1. The van der Waals surface area contributed by atoms with Gasteiger partial charge in [-0.25, -0.2) is 4.98 Å². The van der Waals surface area contributed by atoms with E-state index < -0.39 is 5.91 Å². The molecule has 0 aliphatic carbocycles. The quantitative estimate of drug-likeness (QED) is 0.774. The smallest absolute Gasteiger partial charge is 0.250 e. The van der Waals surface area contributed by atoms with Crippen LogP contribution in [0.1, 0.15) is 15.9 Å². The maximum atomic E-state index is 11.4. The second kappa shape index (κ2) is 4.48. The number of hydrogen-bond acceptors (Lipinski definition) is 3. The Labute approximate surface area is 114 Å². The number of nitrogens with zero attached hydrogens (tertiary/aromatic N) is 1. The zero-order valence-electron chi connectivity index (χ0n) is 10.4. The van der Waals surface area contributed by atoms with E-state index >= 15 is 0 Å². The van der Waals surface area contributed by atoms with Gasteiger partial charge >= 0.3 is 0 Å². The highest BCUT2D eigenvalue weighted by atomic mass is 32.1. The lowest BCUT2D eigenvalue weighted by Gasteiger charge is -1.96. The maximum Gasteiger partial charge on any atom is 0.250 e. The van der Waals surface area contributed by atoms with Crippen molar-refractivity contribution in [3.63, 3.8) is 0 Å². The largest absolute Gasteiger partial charge is 0.366 e.